The molecule has 0 spiro atoms. The fourth-order valence-corrected chi connectivity index (χ4v) is 7.76. The Morgan fingerprint density at radius 3 is 1.82 bits per heavy atom. The fraction of sp³-hybridized carbons (Fsp3) is 0.375. The first-order valence-corrected chi connectivity index (χ1v) is 18.7. The minimum Gasteiger partial charge on any atom is -0.490 e. The number of para-hydroxylation sites is 1. The summed E-state index contributed by atoms with van der Waals surface area (Å²) in [5.41, 5.74) is 8.96. The number of ether oxygens (including phenoxy) is 3. The van der Waals surface area contributed by atoms with E-state index in [2.05, 4.69) is 164 Å². The van der Waals surface area contributed by atoms with Gasteiger partial charge in [0.05, 0.1) is 6.61 Å². The summed E-state index contributed by atoms with van der Waals surface area (Å²) < 4.78 is 20.1. The van der Waals surface area contributed by atoms with Crippen LogP contribution in [-0.4, -0.2) is 19.5 Å². The zero-order chi connectivity index (χ0) is 36.1. The second kappa shape index (κ2) is 15.5. The van der Waals surface area contributed by atoms with Crippen molar-refractivity contribution < 1.29 is 14.2 Å². The minimum absolute atomic E-state index is 0.0352. The lowest BCUT2D eigenvalue weighted by Gasteiger charge is -2.36. The van der Waals surface area contributed by atoms with Crippen molar-refractivity contribution >= 4 is 0 Å². The van der Waals surface area contributed by atoms with Crippen LogP contribution in [0.2, 0.25) is 0 Å². The molecule has 1 aliphatic rings. The summed E-state index contributed by atoms with van der Waals surface area (Å²) in [6.07, 6.45) is 3.62. The van der Waals surface area contributed by atoms with Crippen LogP contribution < -0.4 is 9.47 Å². The average Bonchev–Trinajstić information content (AvgIpc) is 3.45. The summed E-state index contributed by atoms with van der Waals surface area (Å²) in [4.78, 5) is 0. The standard InChI is InChI=1S/C48H56O3/c1-46(2,3)33-43(47(4,5)6)38-25-27-39(28-26-38)51-44(34-48(7)30-29-37-21-14-15-24-42(37)48)49-31-32-50-45-40(35-17-10-8-11-18-35)22-16-23-41(45)36-19-12-9-13-20-36/h8-28,43-44H,29-34H2,1-7H3. The fourth-order valence-electron chi connectivity index (χ4n) is 7.76. The lowest BCUT2D eigenvalue weighted by atomic mass is 9.69. The summed E-state index contributed by atoms with van der Waals surface area (Å²) >= 11 is 0. The zero-order valence-electron chi connectivity index (χ0n) is 31.7. The molecular formula is C48H56O3. The smallest absolute Gasteiger partial charge is 0.200 e. The van der Waals surface area contributed by atoms with Crippen molar-refractivity contribution in [2.75, 3.05) is 13.2 Å². The number of benzene rings is 5. The van der Waals surface area contributed by atoms with Gasteiger partial charge in [0.2, 0.25) is 6.29 Å². The molecule has 0 bridgehead atoms. The maximum atomic E-state index is 6.74. The Morgan fingerprint density at radius 1 is 0.647 bits per heavy atom. The summed E-state index contributed by atoms with van der Waals surface area (Å²) in [6.45, 7) is 17.2. The van der Waals surface area contributed by atoms with Crippen LogP contribution in [0.4, 0.5) is 0 Å². The van der Waals surface area contributed by atoms with Crippen LogP contribution in [0, 0.1) is 10.8 Å². The van der Waals surface area contributed by atoms with Crippen LogP contribution in [0.25, 0.3) is 22.3 Å². The molecular weight excluding hydrogens is 625 g/mol. The van der Waals surface area contributed by atoms with Crippen LogP contribution in [0.15, 0.2) is 127 Å². The first-order chi connectivity index (χ1) is 24.4. The lowest BCUT2D eigenvalue weighted by Crippen LogP contribution is -2.32. The van der Waals surface area contributed by atoms with Crippen molar-refractivity contribution in [3.05, 3.63) is 144 Å². The molecule has 3 heteroatoms. The van der Waals surface area contributed by atoms with Gasteiger partial charge in [-0.3, -0.25) is 0 Å². The number of rotatable bonds is 13. The van der Waals surface area contributed by atoms with Crippen LogP contribution in [0.5, 0.6) is 11.5 Å². The van der Waals surface area contributed by atoms with Crippen LogP contribution in [0.1, 0.15) is 90.3 Å². The lowest BCUT2D eigenvalue weighted by molar-refractivity contribution is -0.101. The molecule has 0 saturated carbocycles. The molecule has 0 amide bonds. The van der Waals surface area contributed by atoms with Gasteiger partial charge in [0.1, 0.15) is 18.1 Å². The Hall–Kier alpha value is -4.34. The molecule has 0 aromatic heterocycles. The maximum Gasteiger partial charge on any atom is 0.200 e. The van der Waals surface area contributed by atoms with Gasteiger partial charge in [0.15, 0.2) is 0 Å². The SMILES string of the molecule is CC(C)(C)CC(c1ccc(OC(CC2(C)CCc3ccccc32)OCCOc2c(-c3ccccc3)cccc2-c2ccccc2)cc1)C(C)(C)C. The Bertz CT molecular complexity index is 1790. The van der Waals surface area contributed by atoms with Gasteiger partial charge in [-0.15, -0.1) is 0 Å². The third-order valence-electron chi connectivity index (χ3n) is 10.5. The number of aryl methyl sites for hydroxylation is 1. The third-order valence-corrected chi connectivity index (χ3v) is 10.5. The van der Waals surface area contributed by atoms with E-state index >= 15 is 0 Å². The Balaban J connectivity index is 1.22. The van der Waals surface area contributed by atoms with Crippen molar-refractivity contribution in [2.45, 2.75) is 91.8 Å². The molecule has 5 aromatic carbocycles. The van der Waals surface area contributed by atoms with Crippen molar-refractivity contribution in [1.29, 1.82) is 0 Å². The largest absolute Gasteiger partial charge is 0.490 e. The first-order valence-electron chi connectivity index (χ1n) is 18.7. The Kier molecular flexibility index (Phi) is 11.1. The number of fused-ring (bicyclic) bond motifs is 1. The molecule has 0 radical (unpaired) electrons. The normalized spacial score (nSPS) is 17.1. The quantitative estimate of drug-likeness (QED) is 0.0915. The minimum atomic E-state index is -0.429. The average molecular weight is 681 g/mol. The first kappa shape index (κ1) is 36.5. The highest BCUT2D eigenvalue weighted by molar-refractivity contribution is 5.82. The maximum absolute atomic E-state index is 6.74. The van der Waals surface area contributed by atoms with Gasteiger partial charge in [-0.1, -0.05) is 164 Å². The van der Waals surface area contributed by atoms with Crippen LogP contribution in [-0.2, 0) is 16.6 Å². The van der Waals surface area contributed by atoms with E-state index in [1.807, 2.05) is 12.1 Å². The van der Waals surface area contributed by atoms with E-state index in [0.717, 1.165) is 59.4 Å². The molecule has 5 aromatic rings. The van der Waals surface area contributed by atoms with E-state index in [9.17, 15) is 0 Å². The molecule has 266 valence electrons. The van der Waals surface area contributed by atoms with E-state index < -0.39 is 6.29 Å². The van der Waals surface area contributed by atoms with Gasteiger partial charge < -0.3 is 14.2 Å². The molecule has 1 aliphatic carbocycles. The second-order valence-electron chi connectivity index (χ2n) is 16.9. The van der Waals surface area contributed by atoms with Crippen molar-refractivity contribution in [3.8, 4) is 33.8 Å². The Labute approximate surface area is 307 Å². The zero-order valence-corrected chi connectivity index (χ0v) is 31.7. The number of hydrogen-bond donors (Lipinski definition) is 0. The molecule has 3 atom stereocenters. The molecule has 0 heterocycles. The summed E-state index contributed by atoms with van der Waals surface area (Å²) in [6, 6.07) is 44.9. The van der Waals surface area contributed by atoms with Crippen LogP contribution >= 0.6 is 0 Å². The molecule has 6 rings (SSSR count). The molecule has 0 fully saturated rings. The van der Waals surface area contributed by atoms with E-state index in [1.54, 1.807) is 0 Å². The predicted molar refractivity (Wildman–Crippen MR) is 213 cm³/mol. The van der Waals surface area contributed by atoms with E-state index in [4.69, 9.17) is 14.2 Å². The van der Waals surface area contributed by atoms with E-state index in [0.29, 0.717) is 19.1 Å². The third kappa shape index (κ3) is 9.13. The highest BCUT2D eigenvalue weighted by Gasteiger charge is 2.37. The van der Waals surface area contributed by atoms with Gasteiger partial charge in [-0.05, 0) is 81.4 Å². The van der Waals surface area contributed by atoms with Gasteiger partial charge in [-0.25, -0.2) is 0 Å². The molecule has 0 N–H and O–H groups in total. The Morgan fingerprint density at radius 2 is 1.24 bits per heavy atom. The van der Waals surface area contributed by atoms with Gasteiger partial charge >= 0.3 is 0 Å². The van der Waals surface area contributed by atoms with Crippen molar-refractivity contribution in [1.82, 2.24) is 0 Å². The van der Waals surface area contributed by atoms with Crippen LogP contribution in [0.3, 0.4) is 0 Å². The van der Waals surface area contributed by atoms with E-state index in [1.165, 1.54) is 16.7 Å². The van der Waals surface area contributed by atoms with Gasteiger partial charge in [0.25, 0.3) is 0 Å². The summed E-state index contributed by atoms with van der Waals surface area (Å²) in [7, 11) is 0. The monoisotopic (exact) mass is 680 g/mol. The topological polar surface area (TPSA) is 27.7 Å². The molecule has 3 unspecified atom stereocenters. The summed E-state index contributed by atoms with van der Waals surface area (Å²) in [5, 5.41) is 0. The van der Waals surface area contributed by atoms with Crippen molar-refractivity contribution in [2.24, 2.45) is 10.8 Å². The van der Waals surface area contributed by atoms with Crippen molar-refractivity contribution in [3.63, 3.8) is 0 Å². The summed E-state index contributed by atoms with van der Waals surface area (Å²) in [5.74, 6) is 2.15. The molecule has 51 heavy (non-hydrogen) atoms. The van der Waals surface area contributed by atoms with Gasteiger partial charge in [0, 0.05) is 17.5 Å². The highest BCUT2D eigenvalue weighted by Crippen LogP contribution is 2.45. The predicted octanol–water partition coefficient (Wildman–Crippen LogP) is 12.7. The van der Waals surface area contributed by atoms with Gasteiger partial charge in [-0.2, -0.15) is 0 Å². The molecule has 0 saturated heterocycles. The number of hydrogen-bond acceptors (Lipinski definition) is 3. The highest BCUT2D eigenvalue weighted by atomic mass is 16.7. The molecule has 0 aliphatic heterocycles. The second-order valence-corrected chi connectivity index (χ2v) is 16.9. The van der Waals surface area contributed by atoms with E-state index in [-0.39, 0.29) is 16.2 Å². The molecule has 3 nitrogen and oxygen atoms in total.